The Morgan fingerprint density at radius 3 is 3.18 bits per heavy atom. The topological polar surface area (TPSA) is 64.3 Å². The number of likely N-dealkylation sites (N-methyl/N-ethyl adjacent to an activating group) is 1. The molecular weight excluding hydrogens is 216 g/mol. The molecule has 0 bridgehead atoms. The van der Waals surface area contributed by atoms with Crippen LogP contribution in [-0.2, 0) is 11.2 Å². The molecule has 4 nitrogen and oxygen atoms in total. The molecule has 17 heavy (non-hydrogen) atoms. The summed E-state index contributed by atoms with van der Waals surface area (Å²) in [5, 5.41) is 2.54. The molecule has 0 aromatic heterocycles. The highest BCUT2D eigenvalue weighted by Crippen LogP contribution is 2.33. The van der Waals surface area contributed by atoms with Gasteiger partial charge >= 0.3 is 0 Å². The summed E-state index contributed by atoms with van der Waals surface area (Å²) in [6.07, 6.45) is 3.08. The van der Waals surface area contributed by atoms with Crippen LogP contribution in [0.3, 0.4) is 0 Å². The van der Waals surface area contributed by atoms with Crippen molar-refractivity contribution in [3.8, 4) is 5.75 Å². The summed E-state index contributed by atoms with van der Waals surface area (Å²) in [7, 11) is 1.60. The zero-order valence-corrected chi connectivity index (χ0v) is 10.0. The standard InChI is InChI=1S/C13H18N2O2/c1-15-13(16)8-17-12-7-3-4-9-10(12)5-2-6-11(9)14/h3-4,7,11H,2,5-6,8,14H2,1H3,(H,15,16). The van der Waals surface area contributed by atoms with Crippen LogP contribution in [0.4, 0.5) is 0 Å². The van der Waals surface area contributed by atoms with E-state index in [0.29, 0.717) is 0 Å². The summed E-state index contributed by atoms with van der Waals surface area (Å²) in [5.41, 5.74) is 8.38. The SMILES string of the molecule is CNC(=O)COc1cccc2c1CCCC2N. The summed E-state index contributed by atoms with van der Waals surface area (Å²) in [4.78, 5) is 11.2. The van der Waals surface area contributed by atoms with Crippen molar-refractivity contribution in [3.63, 3.8) is 0 Å². The molecule has 4 heteroatoms. The van der Waals surface area contributed by atoms with Crippen LogP contribution in [0.2, 0.25) is 0 Å². The number of carbonyl (C=O) groups is 1. The fourth-order valence-electron chi connectivity index (χ4n) is 2.20. The maximum atomic E-state index is 11.2. The van der Waals surface area contributed by atoms with Crippen LogP contribution in [0.1, 0.15) is 30.0 Å². The van der Waals surface area contributed by atoms with Crippen molar-refractivity contribution in [3.05, 3.63) is 29.3 Å². The van der Waals surface area contributed by atoms with Gasteiger partial charge in [-0.15, -0.1) is 0 Å². The van der Waals surface area contributed by atoms with Crippen molar-refractivity contribution in [1.82, 2.24) is 5.32 Å². The van der Waals surface area contributed by atoms with E-state index < -0.39 is 0 Å². The molecule has 1 unspecified atom stereocenters. The van der Waals surface area contributed by atoms with E-state index in [4.69, 9.17) is 10.5 Å². The normalized spacial score (nSPS) is 18.4. The smallest absolute Gasteiger partial charge is 0.257 e. The Morgan fingerprint density at radius 2 is 2.41 bits per heavy atom. The van der Waals surface area contributed by atoms with Crippen molar-refractivity contribution in [2.45, 2.75) is 25.3 Å². The first kappa shape index (κ1) is 11.9. The van der Waals surface area contributed by atoms with Gasteiger partial charge in [0.15, 0.2) is 6.61 Å². The first-order valence-corrected chi connectivity index (χ1v) is 5.93. The summed E-state index contributed by atoms with van der Waals surface area (Å²) >= 11 is 0. The number of benzene rings is 1. The van der Waals surface area contributed by atoms with E-state index in [1.807, 2.05) is 18.2 Å². The Hall–Kier alpha value is -1.55. The van der Waals surface area contributed by atoms with Crippen LogP contribution in [0, 0.1) is 0 Å². The molecule has 92 valence electrons. The Morgan fingerprint density at radius 1 is 1.59 bits per heavy atom. The van der Waals surface area contributed by atoms with Gasteiger partial charge in [-0.1, -0.05) is 12.1 Å². The lowest BCUT2D eigenvalue weighted by atomic mass is 9.88. The Bertz CT molecular complexity index is 418. The van der Waals surface area contributed by atoms with Gasteiger partial charge in [-0.05, 0) is 36.5 Å². The molecule has 0 radical (unpaired) electrons. The van der Waals surface area contributed by atoms with Crippen LogP contribution in [-0.4, -0.2) is 19.6 Å². The highest BCUT2D eigenvalue weighted by atomic mass is 16.5. The van der Waals surface area contributed by atoms with Gasteiger partial charge in [-0.2, -0.15) is 0 Å². The molecule has 1 aromatic rings. The number of hydrogen-bond donors (Lipinski definition) is 2. The summed E-state index contributed by atoms with van der Waals surface area (Å²) in [6.45, 7) is 0.0577. The third-order valence-corrected chi connectivity index (χ3v) is 3.15. The molecule has 0 aliphatic heterocycles. The maximum Gasteiger partial charge on any atom is 0.257 e. The van der Waals surface area contributed by atoms with E-state index in [1.165, 1.54) is 0 Å². The molecule has 1 amide bonds. The van der Waals surface area contributed by atoms with E-state index >= 15 is 0 Å². The summed E-state index contributed by atoms with van der Waals surface area (Å²) < 4.78 is 5.54. The Kier molecular flexibility index (Phi) is 3.64. The van der Waals surface area contributed by atoms with Gasteiger partial charge < -0.3 is 15.8 Å². The fourth-order valence-corrected chi connectivity index (χ4v) is 2.20. The number of carbonyl (C=O) groups excluding carboxylic acids is 1. The van der Waals surface area contributed by atoms with Gasteiger partial charge in [0.2, 0.25) is 0 Å². The zero-order valence-electron chi connectivity index (χ0n) is 10.0. The van der Waals surface area contributed by atoms with Crippen LogP contribution in [0.5, 0.6) is 5.75 Å². The van der Waals surface area contributed by atoms with Gasteiger partial charge in [-0.3, -0.25) is 4.79 Å². The molecule has 0 saturated carbocycles. The van der Waals surface area contributed by atoms with Gasteiger partial charge in [0.1, 0.15) is 5.75 Å². The van der Waals surface area contributed by atoms with Crippen molar-refractivity contribution < 1.29 is 9.53 Å². The summed E-state index contributed by atoms with van der Waals surface area (Å²) in [6, 6.07) is 5.98. The first-order chi connectivity index (χ1) is 8.22. The van der Waals surface area contributed by atoms with Crippen molar-refractivity contribution in [2.75, 3.05) is 13.7 Å². The van der Waals surface area contributed by atoms with E-state index in [2.05, 4.69) is 5.32 Å². The highest BCUT2D eigenvalue weighted by Gasteiger charge is 2.19. The van der Waals surface area contributed by atoms with Crippen LogP contribution < -0.4 is 15.8 Å². The van der Waals surface area contributed by atoms with E-state index in [-0.39, 0.29) is 18.6 Å². The van der Waals surface area contributed by atoms with Crippen LogP contribution >= 0.6 is 0 Å². The molecule has 1 aliphatic rings. The molecule has 1 aliphatic carbocycles. The van der Waals surface area contributed by atoms with Gasteiger partial charge in [-0.25, -0.2) is 0 Å². The number of amides is 1. The molecule has 0 fully saturated rings. The van der Waals surface area contributed by atoms with E-state index in [1.54, 1.807) is 7.05 Å². The fraction of sp³-hybridized carbons (Fsp3) is 0.462. The molecule has 0 spiro atoms. The monoisotopic (exact) mass is 234 g/mol. The molecule has 1 atom stereocenters. The predicted molar refractivity (Wildman–Crippen MR) is 65.9 cm³/mol. The summed E-state index contributed by atoms with van der Waals surface area (Å²) in [5.74, 6) is 0.670. The quantitative estimate of drug-likeness (QED) is 0.824. The number of ether oxygens (including phenoxy) is 1. The van der Waals surface area contributed by atoms with Crippen molar-refractivity contribution >= 4 is 5.91 Å². The number of nitrogens with two attached hydrogens (primary N) is 1. The second kappa shape index (κ2) is 5.19. The predicted octanol–water partition coefficient (Wildman–Crippen LogP) is 1.15. The number of rotatable bonds is 3. The third-order valence-electron chi connectivity index (χ3n) is 3.15. The molecule has 0 saturated heterocycles. The first-order valence-electron chi connectivity index (χ1n) is 5.93. The molecule has 3 N–H and O–H groups in total. The average Bonchev–Trinajstić information content (AvgIpc) is 2.36. The van der Waals surface area contributed by atoms with E-state index in [0.717, 1.165) is 36.1 Å². The number of hydrogen-bond acceptors (Lipinski definition) is 3. The van der Waals surface area contributed by atoms with Gasteiger partial charge in [0.05, 0.1) is 0 Å². The number of nitrogens with one attached hydrogen (secondary N) is 1. The Balaban J connectivity index is 2.17. The number of fused-ring (bicyclic) bond motifs is 1. The molecule has 0 heterocycles. The van der Waals surface area contributed by atoms with Crippen LogP contribution in [0.25, 0.3) is 0 Å². The third kappa shape index (κ3) is 2.58. The molecule has 2 rings (SSSR count). The Labute approximate surface area is 101 Å². The van der Waals surface area contributed by atoms with Crippen molar-refractivity contribution in [1.29, 1.82) is 0 Å². The van der Waals surface area contributed by atoms with E-state index in [9.17, 15) is 4.79 Å². The molecule has 1 aromatic carbocycles. The lowest BCUT2D eigenvalue weighted by Gasteiger charge is -2.24. The van der Waals surface area contributed by atoms with Gasteiger partial charge in [0.25, 0.3) is 5.91 Å². The minimum Gasteiger partial charge on any atom is -0.483 e. The minimum absolute atomic E-state index is 0.0577. The maximum absolute atomic E-state index is 11.2. The van der Waals surface area contributed by atoms with Crippen LogP contribution in [0.15, 0.2) is 18.2 Å². The second-order valence-corrected chi connectivity index (χ2v) is 4.28. The van der Waals surface area contributed by atoms with Crippen molar-refractivity contribution in [2.24, 2.45) is 5.73 Å². The average molecular weight is 234 g/mol. The lowest BCUT2D eigenvalue weighted by Crippen LogP contribution is -2.25. The van der Waals surface area contributed by atoms with Gasteiger partial charge in [0, 0.05) is 13.1 Å². The zero-order chi connectivity index (χ0) is 12.3. The largest absolute Gasteiger partial charge is 0.483 e. The lowest BCUT2D eigenvalue weighted by molar-refractivity contribution is -0.122. The minimum atomic E-state index is -0.122. The molecular formula is C13H18N2O2. The highest BCUT2D eigenvalue weighted by molar-refractivity contribution is 5.77. The second-order valence-electron chi connectivity index (χ2n) is 4.28.